The number of benzene rings is 2. The number of aromatic nitrogens is 2. The van der Waals surface area contributed by atoms with Crippen molar-refractivity contribution in [1.82, 2.24) is 10.2 Å². The van der Waals surface area contributed by atoms with Crippen molar-refractivity contribution >= 4 is 11.8 Å². The molecule has 4 N–H and O–H groups in total. The molecule has 0 spiro atoms. The second-order valence-electron chi connectivity index (χ2n) is 7.49. The van der Waals surface area contributed by atoms with E-state index in [9.17, 15) is 10.1 Å². The van der Waals surface area contributed by atoms with Gasteiger partial charge in [0.1, 0.15) is 11.7 Å². The Morgan fingerprint density at radius 3 is 2.65 bits per heavy atom. The van der Waals surface area contributed by atoms with Crippen LogP contribution in [0.2, 0.25) is 0 Å². The Hall–Kier alpha value is -4.52. The lowest BCUT2D eigenvalue weighted by molar-refractivity contribution is -0.119. The predicted octanol–water partition coefficient (Wildman–Crippen LogP) is 2.99. The van der Waals surface area contributed by atoms with Gasteiger partial charge in [-0.25, -0.2) is 0 Å². The second kappa shape index (κ2) is 9.54. The molecule has 2 unspecified atom stereocenters. The molecule has 0 saturated heterocycles. The first-order valence-electron chi connectivity index (χ1n) is 10.5. The lowest BCUT2D eigenvalue weighted by Gasteiger charge is -2.28. The van der Waals surface area contributed by atoms with Crippen LogP contribution < -0.4 is 24.7 Å². The summed E-state index contributed by atoms with van der Waals surface area (Å²) in [6.45, 7) is 1.88. The highest BCUT2D eigenvalue weighted by Crippen LogP contribution is 2.47. The first kappa shape index (κ1) is 22.7. The molecule has 2 aromatic carbocycles. The van der Waals surface area contributed by atoms with Crippen LogP contribution in [0.3, 0.4) is 0 Å². The summed E-state index contributed by atoms with van der Waals surface area (Å²) in [6.07, 6.45) is 0. The molecule has 0 fully saturated rings. The molecule has 34 heavy (non-hydrogen) atoms. The lowest BCUT2D eigenvalue weighted by Crippen LogP contribution is -2.31. The smallest absolute Gasteiger partial charge is 0.255 e. The summed E-state index contributed by atoms with van der Waals surface area (Å²) in [4.78, 5) is 11.2. The SMILES string of the molecule is CCOc1cc(C2c3c(n[nH]c3-c3ccc(OC)cc3)OC(=N)C2C#N)ccc1OCC(N)=O. The molecular formula is C24H23N5O5. The number of ether oxygens (including phenoxy) is 4. The Labute approximate surface area is 195 Å². The van der Waals surface area contributed by atoms with E-state index in [-0.39, 0.29) is 18.4 Å². The molecule has 10 nitrogen and oxygen atoms in total. The highest BCUT2D eigenvalue weighted by atomic mass is 16.5. The summed E-state index contributed by atoms with van der Waals surface area (Å²) >= 11 is 0. The van der Waals surface area contributed by atoms with Crippen LogP contribution in [0.5, 0.6) is 23.1 Å². The van der Waals surface area contributed by atoms with E-state index >= 15 is 0 Å². The van der Waals surface area contributed by atoms with Gasteiger partial charge < -0.3 is 24.7 Å². The maximum absolute atomic E-state index is 11.2. The molecule has 3 aromatic rings. The van der Waals surface area contributed by atoms with Gasteiger partial charge in [-0.15, -0.1) is 5.10 Å². The molecule has 0 saturated carbocycles. The van der Waals surface area contributed by atoms with Gasteiger partial charge >= 0.3 is 0 Å². The number of aromatic amines is 1. The molecule has 2 atom stereocenters. The Morgan fingerprint density at radius 1 is 1.24 bits per heavy atom. The Morgan fingerprint density at radius 2 is 2.00 bits per heavy atom. The number of carbonyl (C=O) groups is 1. The van der Waals surface area contributed by atoms with Crippen molar-refractivity contribution in [3.05, 3.63) is 53.6 Å². The number of nitrogens with zero attached hydrogens (tertiary/aromatic N) is 2. The lowest BCUT2D eigenvalue weighted by atomic mass is 9.78. The van der Waals surface area contributed by atoms with Crippen LogP contribution in [0.25, 0.3) is 11.3 Å². The number of H-pyrrole nitrogens is 1. The molecule has 0 radical (unpaired) electrons. The van der Waals surface area contributed by atoms with Crippen LogP contribution in [-0.2, 0) is 4.79 Å². The molecule has 1 amide bonds. The summed E-state index contributed by atoms with van der Waals surface area (Å²) in [5, 5.41) is 25.5. The standard InChI is InChI=1S/C24H23N5O5/c1-3-32-18-10-14(6-9-17(18)33-12-19(26)30)20-16(11-25)23(27)34-24-21(20)22(28-29-24)13-4-7-15(31-2)8-5-13/h4-10,16,20,27H,3,12H2,1-2H3,(H2,26,30)(H,28,29). The number of fused-ring (bicyclic) bond motifs is 1. The molecule has 174 valence electrons. The fraction of sp³-hybridized carbons (Fsp3) is 0.250. The minimum Gasteiger partial charge on any atom is -0.497 e. The van der Waals surface area contributed by atoms with E-state index in [1.165, 1.54) is 0 Å². The Kier molecular flexibility index (Phi) is 6.36. The van der Waals surface area contributed by atoms with Gasteiger partial charge in [0.2, 0.25) is 11.8 Å². The number of hydrogen-bond donors (Lipinski definition) is 3. The van der Waals surface area contributed by atoms with Gasteiger partial charge in [0, 0.05) is 11.5 Å². The molecule has 1 aliphatic rings. The quantitative estimate of drug-likeness (QED) is 0.465. The largest absolute Gasteiger partial charge is 0.497 e. The zero-order valence-corrected chi connectivity index (χ0v) is 18.6. The van der Waals surface area contributed by atoms with E-state index in [1.807, 2.05) is 31.2 Å². The van der Waals surface area contributed by atoms with Crippen molar-refractivity contribution in [3.8, 4) is 40.5 Å². The summed E-state index contributed by atoms with van der Waals surface area (Å²) < 4.78 is 22.0. The number of carbonyl (C=O) groups excluding carboxylic acids is 1. The summed E-state index contributed by atoms with van der Waals surface area (Å²) in [5.41, 5.74) is 8.04. The Balaban J connectivity index is 1.83. The van der Waals surface area contributed by atoms with E-state index in [4.69, 9.17) is 30.1 Å². The van der Waals surface area contributed by atoms with Crippen molar-refractivity contribution < 1.29 is 23.7 Å². The van der Waals surface area contributed by atoms with Crippen molar-refractivity contribution in [1.29, 1.82) is 10.7 Å². The van der Waals surface area contributed by atoms with E-state index in [2.05, 4.69) is 16.3 Å². The number of hydrogen-bond acceptors (Lipinski definition) is 8. The molecule has 0 aliphatic carbocycles. The maximum Gasteiger partial charge on any atom is 0.255 e. The number of primary amides is 1. The molecule has 4 rings (SSSR count). The molecule has 2 heterocycles. The van der Waals surface area contributed by atoms with Crippen LogP contribution in [0, 0.1) is 22.7 Å². The van der Waals surface area contributed by atoms with E-state index in [0.29, 0.717) is 40.7 Å². The zero-order chi connectivity index (χ0) is 24.2. The molecule has 0 bridgehead atoms. The number of nitrogens with one attached hydrogen (secondary N) is 2. The van der Waals surface area contributed by atoms with Crippen LogP contribution in [-0.4, -0.2) is 42.3 Å². The Bertz CT molecular complexity index is 1260. The van der Waals surface area contributed by atoms with E-state index < -0.39 is 17.7 Å². The van der Waals surface area contributed by atoms with Gasteiger partial charge in [0.15, 0.2) is 18.1 Å². The normalized spacial score (nSPS) is 16.7. The van der Waals surface area contributed by atoms with E-state index in [1.54, 1.807) is 25.3 Å². The predicted molar refractivity (Wildman–Crippen MR) is 122 cm³/mol. The number of nitriles is 1. The van der Waals surface area contributed by atoms with Gasteiger partial charge in [-0.05, 0) is 48.9 Å². The third kappa shape index (κ3) is 4.23. The third-order valence-electron chi connectivity index (χ3n) is 5.42. The highest BCUT2D eigenvalue weighted by Gasteiger charge is 2.41. The summed E-state index contributed by atoms with van der Waals surface area (Å²) in [6, 6.07) is 14.7. The monoisotopic (exact) mass is 461 g/mol. The average Bonchev–Trinajstić information content (AvgIpc) is 3.25. The van der Waals surface area contributed by atoms with Crippen molar-refractivity contribution in [2.45, 2.75) is 12.8 Å². The van der Waals surface area contributed by atoms with Crippen molar-refractivity contribution in [2.24, 2.45) is 11.7 Å². The second-order valence-corrected chi connectivity index (χ2v) is 7.49. The molecule has 1 aromatic heterocycles. The topological polar surface area (TPSA) is 156 Å². The van der Waals surface area contributed by atoms with E-state index in [0.717, 1.165) is 5.56 Å². The fourth-order valence-corrected chi connectivity index (χ4v) is 3.91. The third-order valence-corrected chi connectivity index (χ3v) is 5.42. The highest BCUT2D eigenvalue weighted by molar-refractivity contribution is 5.86. The number of nitrogens with two attached hydrogens (primary N) is 1. The summed E-state index contributed by atoms with van der Waals surface area (Å²) in [5.74, 6) is -0.583. The molecule has 10 heteroatoms. The average molecular weight is 461 g/mol. The van der Waals surface area contributed by atoms with Gasteiger partial charge in [-0.1, -0.05) is 6.07 Å². The fourth-order valence-electron chi connectivity index (χ4n) is 3.91. The first-order chi connectivity index (χ1) is 16.5. The van der Waals surface area contributed by atoms with Gasteiger partial charge in [-0.3, -0.25) is 15.3 Å². The molecular weight excluding hydrogens is 438 g/mol. The molecule has 1 aliphatic heterocycles. The zero-order valence-electron chi connectivity index (χ0n) is 18.6. The minimum atomic E-state index is -0.894. The summed E-state index contributed by atoms with van der Waals surface area (Å²) in [7, 11) is 1.59. The first-order valence-corrected chi connectivity index (χ1v) is 10.5. The van der Waals surface area contributed by atoms with Crippen LogP contribution in [0.4, 0.5) is 0 Å². The van der Waals surface area contributed by atoms with Crippen LogP contribution in [0.1, 0.15) is 24.0 Å². The number of methoxy groups -OCH3 is 1. The van der Waals surface area contributed by atoms with Crippen molar-refractivity contribution in [2.75, 3.05) is 20.3 Å². The van der Waals surface area contributed by atoms with Gasteiger partial charge in [-0.2, -0.15) is 5.26 Å². The van der Waals surface area contributed by atoms with Gasteiger partial charge in [0.25, 0.3) is 5.91 Å². The van der Waals surface area contributed by atoms with Gasteiger partial charge in [0.05, 0.1) is 31.0 Å². The maximum atomic E-state index is 11.2. The minimum absolute atomic E-state index is 0.195. The number of amides is 1. The van der Waals surface area contributed by atoms with Crippen LogP contribution >= 0.6 is 0 Å². The number of rotatable bonds is 8. The van der Waals surface area contributed by atoms with Crippen LogP contribution in [0.15, 0.2) is 42.5 Å². The van der Waals surface area contributed by atoms with Crippen molar-refractivity contribution in [3.63, 3.8) is 0 Å².